The molecular formula is C25H23ClN4O4. The highest BCUT2D eigenvalue weighted by Crippen LogP contribution is 2.36. The smallest absolute Gasteiger partial charge is 0.339 e. The number of halogens is 1. The lowest BCUT2D eigenvalue weighted by molar-refractivity contribution is -0.130. The molecule has 2 aliphatic rings. The van der Waals surface area contributed by atoms with Gasteiger partial charge in [-0.15, -0.1) is 0 Å². The summed E-state index contributed by atoms with van der Waals surface area (Å²) < 4.78 is 8.37. The predicted molar refractivity (Wildman–Crippen MR) is 128 cm³/mol. The summed E-state index contributed by atoms with van der Waals surface area (Å²) in [6, 6.07) is 6.85. The van der Waals surface area contributed by atoms with Crippen LogP contribution in [0.3, 0.4) is 0 Å². The van der Waals surface area contributed by atoms with E-state index in [0.717, 1.165) is 25.7 Å². The number of nitrogens with zero attached hydrogens (tertiary/aromatic N) is 3. The maximum atomic E-state index is 12.9. The molecule has 0 spiro atoms. The van der Waals surface area contributed by atoms with Gasteiger partial charge in [-0.25, -0.2) is 14.6 Å². The third-order valence-corrected chi connectivity index (χ3v) is 6.23. The number of rotatable bonds is 6. The molecule has 2 heterocycles. The molecule has 3 aromatic rings. The number of carbonyl (C=O) groups is 1. The fourth-order valence-electron chi connectivity index (χ4n) is 3.85. The van der Waals surface area contributed by atoms with Crippen molar-refractivity contribution in [2.45, 2.75) is 57.5 Å². The molecule has 2 fully saturated rings. The van der Waals surface area contributed by atoms with E-state index >= 15 is 0 Å². The summed E-state index contributed by atoms with van der Waals surface area (Å²) in [4.78, 5) is 45.7. The zero-order chi connectivity index (χ0) is 23.8. The Morgan fingerprint density at radius 2 is 1.91 bits per heavy atom. The summed E-state index contributed by atoms with van der Waals surface area (Å²) in [5.41, 5.74) is 0.549. The van der Waals surface area contributed by atoms with Gasteiger partial charge < -0.3 is 9.72 Å². The largest absolute Gasteiger partial charge is 0.422 e. The number of carbonyl (C=O) groups excluding carboxylic acids is 1. The lowest BCUT2D eigenvalue weighted by atomic mass is 10.1. The quantitative estimate of drug-likeness (QED) is 0.251. The van der Waals surface area contributed by atoms with Crippen molar-refractivity contribution in [3.63, 3.8) is 0 Å². The second kappa shape index (κ2) is 8.99. The number of H-pyrrole nitrogens is 1. The molecule has 8 nitrogen and oxygen atoms in total. The minimum Gasteiger partial charge on any atom is -0.422 e. The van der Waals surface area contributed by atoms with Crippen molar-refractivity contribution < 1.29 is 9.53 Å². The number of aromatic nitrogens is 4. The van der Waals surface area contributed by atoms with E-state index in [1.807, 2.05) is 6.92 Å². The first kappa shape index (κ1) is 22.2. The molecule has 2 saturated carbocycles. The Kier molecular flexibility index (Phi) is 5.88. The fourth-order valence-corrected chi connectivity index (χ4v) is 4.03. The zero-order valence-electron chi connectivity index (χ0n) is 18.6. The zero-order valence-corrected chi connectivity index (χ0v) is 19.4. The van der Waals surface area contributed by atoms with Crippen LogP contribution in [0.4, 0.5) is 0 Å². The fraction of sp³-hybridized carbons (Fsp3) is 0.360. The van der Waals surface area contributed by atoms with Crippen LogP contribution in [0.2, 0.25) is 5.02 Å². The number of nitrogens with one attached hydrogen (secondary N) is 1. The standard InChI is InChI=1S/C25H23ClN4O4/c1-2-15(24(32)34-19-9-5-4-8-18(19)26)7-3-6-10-20-27-21-22(28-20)29(16-11-12-16)25(33)30(23(21)31)17-13-14-17/h4-5,7-9,16-17H,2-3,11-14H2,1H3,(H,27,28)/b15-7-. The maximum Gasteiger partial charge on any atom is 0.339 e. The van der Waals surface area contributed by atoms with Gasteiger partial charge in [-0.3, -0.25) is 13.9 Å². The van der Waals surface area contributed by atoms with Crippen LogP contribution in [0.1, 0.15) is 63.4 Å². The first-order valence-corrected chi connectivity index (χ1v) is 11.8. The number of aromatic amines is 1. The molecule has 0 atom stereocenters. The van der Waals surface area contributed by atoms with Crippen molar-refractivity contribution in [2.24, 2.45) is 0 Å². The van der Waals surface area contributed by atoms with Crippen LogP contribution in [0.25, 0.3) is 11.2 Å². The summed E-state index contributed by atoms with van der Waals surface area (Å²) in [6.45, 7) is 1.86. The van der Waals surface area contributed by atoms with Gasteiger partial charge in [-0.2, -0.15) is 0 Å². The Balaban J connectivity index is 1.37. The molecule has 0 bridgehead atoms. The van der Waals surface area contributed by atoms with E-state index in [-0.39, 0.29) is 23.3 Å². The van der Waals surface area contributed by atoms with Crippen molar-refractivity contribution >= 4 is 28.7 Å². The summed E-state index contributed by atoms with van der Waals surface area (Å²) in [6.07, 6.45) is 5.97. The lowest BCUT2D eigenvalue weighted by Crippen LogP contribution is -2.39. The number of allylic oxidation sites excluding steroid dienone is 1. The van der Waals surface area contributed by atoms with Gasteiger partial charge in [0.05, 0.1) is 5.02 Å². The minimum absolute atomic E-state index is 0.0182. The van der Waals surface area contributed by atoms with Gasteiger partial charge in [0, 0.05) is 24.1 Å². The number of ether oxygens (including phenoxy) is 1. The third-order valence-electron chi connectivity index (χ3n) is 5.92. The Hall–Kier alpha value is -3.57. The number of esters is 1. The van der Waals surface area contributed by atoms with Crippen molar-refractivity contribution in [3.05, 3.63) is 67.6 Å². The second-order valence-corrected chi connectivity index (χ2v) is 8.89. The molecule has 0 radical (unpaired) electrons. The molecule has 1 N–H and O–H groups in total. The topological polar surface area (TPSA) is 99.0 Å². The van der Waals surface area contributed by atoms with Crippen LogP contribution in [-0.4, -0.2) is 25.1 Å². The first-order chi connectivity index (χ1) is 16.5. The molecule has 0 saturated heterocycles. The van der Waals surface area contributed by atoms with Gasteiger partial charge in [0.1, 0.15) is 5.75 Å². The molecule has 0 aliphatic heterocycles. The van der Waals surface area contributed by atoms with Crippen LogP contribution in [0, 0.1) is 11.8 Å². The number of para-hydroxylation sites is 1. The van der Waals surface area contributed by atoms with E-state index < -0.39 is 5.97 Å². The summed E-state index contributed by atoms with van der Waals surface area (Å²) in [5, 5.41) is 0.362. The molecular weight excluding hydrogens is 456 g/mol. The van der Waals surface area contributed by atoms with Gasteiger partial charge in [-0.05, 0) is 50.2 Å². The molecule has 0 amide bonds. The molecule has 1 aromatic carbocycles. The maximum absolute atomic E-state index is 12.9. The van der Waals surface area contributed by atoms with E-state index in [4.69, 9.17) is 16.3 Å². The van der Waals surface area contributed by atoms with Gasteiger partial charge in [0.2, 0.25) is 0 Å². The average molecular weight is 479 g/mol. The van der Waals surface area contributed by atoms with Crippen LogP contribution in [0.15, 0.2) is 45.5 Å². The number of imidazole rings is 1. The highest BCUT2D eigenvalue weighted by atomic mass is 35.5. The highest BCUT2D eigenvalue weighted by molar-refractivity contribution is 6.32. The molecule has 34 heavy (non-hydrogen) atoms. The van der Waals surface area contributed by atoms with Crippen LogP contribution >= 0.6 is 11.6 Å². The van der Waals surface area contributed by atoms with Gasteiger partial charge in [-0.1, -0.05) is 42.7 Å². The van der Waals surface area contributed by atoms with Crippen LogP contribution in [0.5, 0.6) is 5.75 Å². The Morgan fingerprint density at radius 3 is 2.59 bits per heavy atom. The summed E-state index contributed by atoms with van der Waals surface area (Å²) >= 11 is 6.06. The van der Waals surface area contributed by atoms with Crippen molar-refractivity contribution in [2.75, 3.05) is 0 Å². The molecule has 2 aromatic heterocycles. The van der Waals surface area contributed by atoms with E-state index in [2.05, 4.69) is 21.8 Å². The van der Waals surface area contributed by atoms with E-state index in [1.165, 1.54) is 4.57 Å². The minimum atomic E-state index is -0.477. The van der Waals surface area contributed by atoms with Gasteiger partial charge >= 0.3 is 11.7 Å². The third kappa shape index (κ3) is 4.31. The van der Waals surface area contributed by atoms with Crippen LogP contribution < -0.4 is 16.0 Å². The number of benzene rings is 1. The van der Waals surface area contributed by atoms with E-state index in [0.29, 0.717) is 46.2 Å². The van der Waals surface area contributed by atoms with E-state index in [9.17, 15) is 14.4 Å². The molecule has 174 valence electrons. The monoisotopic (exact) mass is 478 g/mol. The number of hydrogen-bond donors (Lipinski definition) is 1. The molecule has 5 rings (SSSR count). The summed E-state index contributed by atoms with van der Waals surface area (Å²) in [7, 11) is 0. The molecule has 9 heteroatoms. The Morgan fingerprint density at radius 1 is 1.21 bits per heavy atom. The Labute approximate surface area is 200 Å². The number of fused-ring (bicyclic) bond motifs is 1. The van der Waals surface area contributed by atoms with Crippen LogP contribution in [-0.2, 0) is 4.79 Å². The SMILES string of the molecule is CC/C(=C/CC#Cc1nc2c([nH]1)c(=O)n(C1CC1)c(=O)n2C1CC1)C(=O)Oc1ccccc1Cl. The van der Waals surface area contributed by atoms with Gasteiger partial charge in [0.25, 0.3) is 5.56 Å². The highest BCUT2D eigenvalue weighted by Gasteiger charge is 2.34. The van der Waals surface area contributed by atoms with Crippen molar-refractivity contribution in [1.29, 1.82) is 0 Å². The number of hydrogen-bond acceptors (Lipinski definition) is 5. The van der Waals surface area contributed by atoms with Crippen molar-refractivity contribution in [3.8, 4) is 17.6 Å². The lowest BCUT2D eigenvalue weighted by Gasteiger charge is -2.09. The van der Waals surface area contributed by atoms with Gasteiger partial charge in [0.15, 0.2) is 17.0 Å². The molecule has 0 unspecified atom stereocenters. The first-order valence-electron chi connectivity index (χ1n) is 11.4. The predicted octanol–water partition coefficient (Wildman–Crippen LogP) is 3.89. The second-order valence-electron chi connectivity index (χ2n) is 8.48. The average Bonchev–Trinajstić information content (AvgIpc) is 3.75. The summed E-state index contributed by atoms with van der Waals surface area (Å²) in [5.74, 6) is 6.01. The normalized spacial score (nSPS) is 15.8. The van der Waals surface area contributed by atoms with E-state index in [1.54, 1.807) is 34.9 Å². The molecule has 2 aliphatic carbocycles. The van der Waals surface area contributed by atoms with Crippen molar-refractivity contribution in [1.82, 2.24) is 19.1 Å². The Bertz CT molecular complexity index is 1490.